The minimum absolute atomic E-state index is 0.00539. The molecular weight excluding hydrogens is 304 g/mol. The van der Waals surface area contributed by atoms with E-state index >= 15 is 0 Å². The zero-order valence-corrected chi connectivity index (χ0v) is 14.1. The van der Waals surface area contributed by atoms with Gasteiger partial charge in [0.1, 0.15) is 5.75 Å². The van der Waals surface area contributed by atoms with Crippen LogP contribution in [-0.2, 0) is 0 Å². The summed E-state index contributed by atoms with van der Waals surface area (Å²) in [5, 5.41) is 15.0. The molecule has 0 saturated carbocycles. The van der Waals surface area contributed by atoms with Crippen LogP contribution in [0.3, 0.4) is 0 Å². The number of urea groups is 1. The smallest absolute Gasteiger partial charge is 0.319 e. The molecule has 0 spiro atoms. The number of carbonyl (C=O) groups is 1. The molecule has 0 fully saturated rings. The number of aliphatic hydroxyl groups excluding tert-OH is 1. The first-order valence-electron chi connectivity index (χ1n) is 8.10. The first-order chi connectivity index (χ1) is 11.6. The lowest BCUT2D eigenvalue weighted by atomic mass is 10.0. The summed E-state index contributed by atoms with van der Waals surface area (Å²) in [6.45, 7) is 4.39. The van der Waals surface area contributed by atoms with E-state index in [1.165, 1.54) is 0 Å². The third-order valence-electron chi connectivity index (χ3n) is 3.61. The summed E-state index contributed by atoms with van der Waals surface area (Å²) in [6.07, 6.45) is 0.448. The van der Waals surface area contributed by atoms with E-state index in [4.69, 9.17) is 4.74 Å². The third kappa shape index (κ3) is 4.99. The van der Waals surface area contributed by atoms with E-state index in [0.29, 0.717) is 24.5 Å². The van der Waals surface area contributed by atoms with Gasteiger partial charge in [-0.3, -0.25) is 0 Å². The Hall–Kier alpha value is -2.53. The second kappa shape index (κ2) is 8.93. The van der Waals surface area contributed by atoms with Crippen LogP contribution in [0.2, 0.25) is 0 Å². The number of aliphatic hydroxyl groups is 1. The molecule has 0 radical (unpaired) electrons. The van der Waals surface area contributed by atoms with Crippen LogP contribution >= 0.6 is 0 Å². The molecule has 2 aromatic rings. The molecule has 2 amide bonds. The maximum Gasteiger partial charge on any atom is 0.319 e. The number of rotatable bonds is 7. The van der Waals surface area contributed by atoms with Crippen LogP contribution in [0.5, 0.6) is 5.75 Å². The third-order valence-corrected chi connectivity index (χ3v) is 3.61. The SMILES string of the molecule is CCOc1cc(C)ccc1NC(=O)N[C@H](CCO)c1ccccc1. The Morgan fingerprint density at radius 3 is 2.62 bits per heavy atom. The lowest BCUT2D eigenvalue weighted by Crippen LogP contribution is -2.33. The van der Waals surface area contributed by atoms with E-state index < -0.39 is 0 Å². The van der Waals surface area contributed by atoms with Crippen molar-refractivity contribution in [1.29, 1.82) is 0 Å². The van der Waals surface area contributed by atoms with Gasteiger partial charge < -0.3 is 20.5 Å². The van der Waals surface area contributed by atoms with Gasteiger partial charge in [-0.1, -0.05) is 36.4 Å². The van der Waals surface area contributed by atoms with E-state index in [-0.39, 0.29) is 18.7 Å². The number of nitrogens with one attached hydrogen (secondary N) is 2. The van der Waals surface area contributed by atoms with Crippen molar-refractivity contribution < 1.29 is 14.6 Å². The van der Waals surface area contributed by atoms with Crippen molar-refractivity contribution in [3.8, 4) is 5.75 Å². The van der Waals surface area contributed by atoms with Crippen molar-refractivity contribution in [1.82, 2.24) is 5.32 Å². The number of aryl methyl sites for hydroxylation is 1. The zero-order chi connectivity index (χ0) is 17.4. The fourth-order valence-corrected chi connectivity index (χ4v) is 2.46. The molecule has 128 valence electrons. The summed E-state index contributed by atoms with van der Waals surface area (Å²) in [7, 11) is 0. The normalized spacial score (nSPS) is 11.6. The van der Waals surface area contributed by atoms with Gasteiger partial charge in [0.25, 0.3) is 0 Å². The maximum absolute atomic E-state index is 12.4. The second-order valence-electron chi connectivity index (χ2n) is 5.51. The molecule has 3 N–H and O–H groups in total. The molecule has 0 aliphatic rings. The van der Waals surface area contributed by atoms with Gasteiger partial charge in [-0.2, -0.15) is 0 Å². The topological polar surface area (TPSA) is 70.6 Å². The molecule has 2 aromatic carbocycles. The average Bonchev–Trinajstić information content (AvgIpc) is 2.58. The number of hydrogen-bond donors (Lipinski definition) is 3. The predicted octanol–water partition coefficient (Wildman–Crippen LogP) is 3.64. The van der Waals surface area contributed by atoms with Crippen molar-refractivity contribution in [3.05, 3.63) is 59.7 Å². The fourth-order valence-electron chi connectivity index (χ4n) is 2.46. The highest BCUT2D eigenvalue weighted by Crippen LogP contribution is 2.26. The molecule has 1 atom stereocenters. The summed E-state index contributed by atoms with van der Waals surface area (Å²) in [5.41, 5.74) is 2.64. The predicted molar refractivity (Wildman–Crippen MR) is 95.4 cm³/mol. The number of carbonyl (C=O) groups excluding carboxylic acids is 1. The van der Waals surface area contributed by atoms with Gasteiger partial charge in [0.15, 0.2) is 0 Å². The molecule has 0 unspecified atom stereocenters. The summed E-state index contributed by atoms with van der Waals surface area (Å²) in [6, 6.07) is 14.6. The Kier molecular flexibility index (Phi) is 6.63. The average molecular weight is 328 g/mol. The highest BCUT2D eigenvalue weighted by Gasteiger charge is 2.15. The molecule has 2 rings (SSSR count). The van der Waals surface area contributed by atoms with E-state index in [1.54, 1.807) is 0 Å². The number of amides is 2. The Morgan fingerprint density at radius 1 is 1.21 bits per heavy atom. The van der Waals surface area contributed by atoms with Crippen LogP contribution in [-0.4, -0.2) is 24.4 Å². The van der Waals surface area contributed by atoms with Gasteiger partial charge in [-0.05, 0) is 43.5 Å². The highest BCUT2D eigenvalue weighted by atomic mass is 16.5. The zero-order valence-electron chi connectivity index (χ0n) is 14.1. The minimum atomic E-state index is -0.331. The highest BCUT2D eigenvalue weighted by molar-refractivity contribution is 5.91. The minimum Gasteiger partial charge on any atom is -0.492 e. The number of ether oxygens (including phenoxy) is 1. The van der Waals surface area contributed by atoms with Gasteiger partial charge >= 0.3 is 6.03 Å². The van der Waals surface area contributed by atoms with Crippen molar-refractivity contribution in [2.45, 2.75) is 26.3 Å². The molecule has 5 heteroatoms. The Balaban J connectivity index is 2.08. The summed E-state index contributed by atoms with van der Waals surface area (Å²) in [4.78, 5) is 12.4. The van der Waals surface area contributed by atoms with Crippen LogP contribution < -0.4 is 15.4 Å². The van der Waals surface area contributed by atoms with Gasteiger partial charge in [-0.25, -0.2) is 4.79 Å². The largest absolute Gasteiger partial charge is 0.492 e. The Bertz CT molecular complexity index is 659. The molecule has 0 bridgehead atoms. The standard InChI is InChI=1S/C19H24N2O3/c1-3-24-18-13-14(2)9-10-17(18)21-19(23)20-16(11-12-22)15-7-5-4-6-8-15/h4-10,13,16,22H,3,11-12H2,1-2H3,(H2,20,21,23)/t16-/m1/s1. The number of benzene rings is 2. The van der Waals surface area contributed by atoms with Crippen LogP contribution in [0.1, 0.15) is 30.5 Å². The van der Waals surface area contributed by atoms with Crippen LogP contribution in [0, 0.1) is 6.92 Å². The molecule has 0 aliphatic carbocycles. The molecule has 0 aliphatic heterocycles. The van der Waals surface area contributed by atoms with Gasteiger partial charge in [0.2, 0.25) is 0 Å². The molecule has 0 saturated heterocycles. The molecule has 24 heavy (non-hydrogen) atoms. The first kappa shape index (κ1) is 17.8. The maximum atomic E-state index is 12.4. The first-order valence-corrected chi connectivity index (χ1v) is 8.10. The quantitative estimate of drug-likeness (QED) is 0.727. The lowest BCUT2D eigenvalue weighted by Gasteiger charge is -2.19. The van der Waals surface area contributed by atoms with Crippen LogP contribution in [0.15, 0.2) is 48.5 Å². The van der Waals surface area contributed by atoms with E-state index in [9.17, 15) is 9.90 Å². The van der Waals surface area contributed by atoms with E-state index in [2.05, 4.69) is 10.6 Å². The van der Waals surface area contributed by atoms with Crippen LogP contribution in [0.25, 0.3) is 0 Å². The Labute approximate surface area is 142 Å². The molecular formula is C19H24N2O3. The summed E-state index contributed by atoms with van der Waals surface area (Å²) >= 11 is 0. The van der Waals surface area contributed by atoms with Crippen molar-refractivity contribution >= 4 is 11.7 Å². The lowest BCUT2D eigenvalue weighted by molar-refractivity contribution is 0.239. The van der Waals surface area contributed by atoms with Crippen molar-refractivity contribution in [2.75, 3.05) is 18.5 Å². The van der Waals surface area contributed by atoms with E-state index in [1.807, 2.05) is 62.4 Å². The fraction of sp³-hybridized carbons (Fsp3) is 0.316. The summed E-state index contributed by atoms with van der Waals surface area (Å²) < 4.78 is 5.57. The van der Waals surface area contributed by atoms with Gasteiger partial charge in [-0.15, -0.1) is 0 Å². The van der Waals surface area contributed by atoms with E-state index in [0.717, 1.165) is 11.1 Å². The van der Waals surface area contributed by atoms with Gasteiger partial charge in [0.05, 0.1) is 18.3 Å². The molecule has 0 heterocycles. The number of hydrogen-bond acceptors (Lipinski definition) is 3. The van der Waals surface area contributed by atoms with Gasteiger partial charge in [0, 0.05) is 6.61 Å². The van der Waals surface area contributed by atoms with Crippen molar-refractivity contribution in [3.63, 3.8) is 0 Å². The molecule has 5 nitrogen and oxygen atoms in total. The second-order valence-corrected chi connectivity index (χ2v) is 5.51. The summed E-state index contributed by atoms with van der Waals surface area (Å²) in [5.74, 6) is 0.645. The monoisotopic (exact) mass is 328 g/mol. The Morgan fingerprint density at radius 2 is 1.96 bits per heavy atom. The molecule has 0 aromatic heterocycles. The number of anilines is 1. The van der Waals surface area contributed by atoms with Crippen molar-refractivity contribution in [2.24, 2.45) is 0 Å². The van der Waals surface area contributed by atoms with Crippen LogP contribution in [0.4, 0.5) is 10.5 Å².